The number of hydrogen-bond donors (Lipinski definition) is 2. The van der Waals surface area contributed by atoms with Crippen LogP contribution in [0.4, 0.5) is 5.82 Å². The summed E-state index contributed by atoms with van der Waals surface area (Å²) in [6, 6.07) is 1.99. The van der Waals surface area contributed by atoms with Crippen molar-refractivity contribution in [3.05, 3.63) is 18.6 Å². The Hall–Kier alpha value is -1.62. The van der Waals surface area contributed by atoms with E-state index in [2.05, 4.69) is 39.3 Å². The van der Waals surface area contributed by atoms with Gasteiger partial charge in [0, 0.05) is 12.7 Å². The molecule has 2 rings (SSSR count). The molecule has 5 nitrogen and oxygen atoms in total. The summed E-state index contributed by atoms with van der Waals surface area (Å²) in [6.07, 6.45) is 4.56. The molecule has 0 aliphatic carbocycles. The van der Waals surface area contributed by atoms with Crippen molar-refractivity contribution in [1.29, 1.82) is 0 Å². The number of aromatic nitrogens is 3. The van der Waals surface area contributed by atoms with Gasteiger partial charge in [0.15, 0.2) is 0 Å². The second-order valence-corrected chi connectivity index (χ2v) is 4.05. The van der Waals surface area contributed by atoms with E-state index >= 15 is 0 Å². The van der Waals surface area contributed by atoms with Gasteiger partial charge >= 0.3 is 0 Å². The van der Waals surface area contributed by atoms with Gasteiger partial charge in [0.1, 0.15) is 17.8 Å². The maximum absolute atomic E-state index is 4.24. The molecule has 0 fully saturated rings. The summed E-state index contributed by atoms with van der Waals surface area (Å²) in [7, 11) is 4.16. The molecule has 2 aromatic heterocycles. The second-order valence-electron chi connectivity index (χ2n) is 4.05. The standard InChI is InChI=1S/C11H17N5/c1-16(2)7-3-5-12-10-9-4-6-13-11(9)15-8-14-10/h4,6,8H,3,5,7H2,1-2H3,(H2,12,13,14,15). The topological polar surface area (TPSA) is 56.8 Å². The summed E-state index contributed by atoms with van der Waals surface area (Å²) in [6.45, 7) is 2.00. The molecule has 0 aliphatic rings. The van der Waals surface area contributed by atoms with E-state index in [-0.39, 0.29) is 0 Å². The van der Waals surface area contributed by atoms with Crippen LogP contribution < -0.4 is 5.32 Å². The number of fused-ring (bicyclic) bond motifs is 1. The number of rotatable bonds is 5. The average molecular weight is 219 g/mol. The fourth-order valence-electron chi connectivity index (χ4n) is 1.62. The van der Waals surface area contributed by atoms with E-state index in [1.54, 1.807) is 6.33 Å². The van der Waals surface area contributed by atoms with Gasteiger partial charge in [-0.05, 0) is 33.1 Å². The Kier molecular flexibility index (Phi) is 3.36. The normalized spacial score (nSPS) is 11.2. The molecule has 86 valence electrons. The Labute approximate surface area is 94.9 Å². The first kappa shape index (κ1) is 10.9. The highest BCUT2D eigenvalue weighted by atomic mass is 15.1. The maximum Gasteiger partial charge on any atom is 0.142 e. The number of nitrogens with one attached hydrogen (secondary N) is 2. The summed E-state index contributed by atoms with van der Waals surface area (Å²) in [5, 5.41) is 4.38. The first-order valence-corrected chi connectivity index (χ1v) is 5.44. The molecular weight excluding hydrogens is 202 g/mol. The Balaban J connectivity index is 1.96. The summed E-state index contributed by atoms with van der Waals surface area (Å²) in [4.78, 5) is 13.6. The molecule has 0 saturated heterocycles. The van der Waals surface area contributed by atoms with Gasteiger partial charge in [0.2, 0.25) is 0 Å². The van der Waals surface area contributed by atoms with Crippen LogP contribution in [0, 0.1) is 0 Å². The van der Waals surface area contributed by atoms with Crippen molar-refractivity contribution < 1.29 is 0 Å². The fraction of sp³-hybridized carbons (Fsp3) is 0.455. The maximum atomic E-state index is 4.24. The monoisotopic (exact) mass is 219 g/mol. The van der Waals surface area contributed by atoms with E-state index in [0.29, 0.717) is 0 Å². The number of aromatic amines is 1. The van der Waals surface area contributed by atoms with Gasteiger partial charge in [0.25, 0.3) is 0 Å². The first-order chi connectivity index (χ1) is 7.77. The van der Waals surface area contributed by atoms with Crippen LogP contribution in [0.3, 0.4) is 0 Å². The third-order valence-electron chi connectivity index (χ3n) is 2.43. The van der Waals surface area contributed by atoms with E-state index in [9.17, 15) is 0 Å². The molecule has 0 saturated carbocycles. The molecule has 2 aromatic rings. The van der Waals surface area contributed by atoms with Crippen molar-refractivity contribution in [3.8, 4) is 0 Å². The van der Waals surface area contributed by atoms with Gasteiger partial charge in [-0.15, -0.1) is 0 Å². The van der Waals surface area contributed by atoms with Crippen molar-refractivity contribution in [2.45, 2.75) is 6.42 Å². The lowest BCUT2D eigenvalue weighted by atomic mass is 10.3. The molecule has 2 N–H and O–H groups in total. The smallest absolute Gasteiger partial charge is 0.142 e. The van der Waals surface area contributed by atoms with E-state index < -0.39 is 0 Å². The van der Waals surface area contributed by atoms with Gasteiger partial charge in [-0.3, -0.25) is 0 Å². The zero-order valence-electron chi connectivity index (χ0n) is 9.70. The van der Waals surface area contributed by atoms with Gasteiger partial charge < -0.3 is 15.2 Å². The Morgan fingerprint density at radius 2 is 2.25 bits per heavy atom. The molecule has 5 heteroatoms. The first-order valence-electron chi connectivity index (χ1n) is 5.44. The summed E-state index contributed by atoms with van der Waals surface area (Å²) in [5.41, 5.74) is 0.880. The van der Waals surface area contributed by atoms with Crippen molar-refractivity contribution in [2.24, 2.45) is 0 Å². The predicted molar refractivity (Wildman–Crippen MR) is 65.5 cm³/mol. The third-order valence-corrected chi connectivity index (χ3v) is 2.43. The average Bonchev–Trinajstić information content (AvgIpc) is 2.72. The molecule has 0 atom stereocenters. The van der Waals surface area contributed by atoms with Crippen molar-refractivity contribution in [2.75, 3.05) is 32.5 Å². The quantitative estimate of drug-likeness (QED) is 0.745. The summed E-state index contributed by atoms with van der Waals surface area (Å²) >= 11 is 0. The molecule has 0 amide bonds. The van der Waals surface area contributed by atoms with Crippen LogP contribution in [0.2, 0.25) is 0 Å². The van der Waals surface area contributed by atoms with Crippen molar-refractivity contribution >= 4 is 16.9 Å². The van der Waals surface area contributed by atoms with Crippen LogP contribution in [0.25, 0.3) is 11.0 Å². The molecular formula is C11H17N5. The number of hydrogen-bond acceptors (Lipinski definition) is 4. The minimum Gasteiger partial charge on any atom is -0.369 e. The highest BCUT2D eigenvalue weighted by Gasteiger charge is 2.02. The molecule has 0 unspecified atom stereocenters. The Morgan fingerprint density at radius 3 is 3.06 bits per heavy atom. The lowest BCUT2D eigenvalue weighted by Crippen LogP contribution is -2.16. The molecule has 0 bridgehead atoms. The Morgan fingerprint density at radius 1 is 1.38 bits per heavy atom. The van der Waals surface area contributed by atoms with Gasteiger partial charge in [-0.2, -0.15) is 0 Å². The van der Waals surface area contributed by atoms with Crippen LogP contribution >= 0.6 is 0 Å². The number of nitrogens with zero attached hydrogens (tertiary/aromatic N) is 3. The summed E-state index contributed by atoms with van der Waals surface area (Å²) in [5.74, 6) is 0.907. The molecule has 0 spiro atoms. The zero-order chi connectivity index (χ0) is 11.4. The molecule has 2 heterocycles. The van der Waals surface area contributed by atoms with E-state index in [1.165, 1.54) is 0 Å². The molecule has 16 heavy (non-hydrogen) atoms. The third kappa shape index (κ3) is 2.49. The zero-order valence-corrected chi connectivity index (χ0v) is 9.70. The molecule has 0 aliphatic heterocycles. The van der Waals surface area contributed by atoms with Gasteiger partial charge in [-0.25, -0.2) is 9.97 Å². The van der Waals surface area contributed by atoms with Gasteiger partial charge in [0.05, 0.1) is 5.39 Å². The van der Waals surface area contributed by atoms with Crippen molar-refractivity contribution in [3.63, 3.8) is 0 Å². The Bertz CT molecular complexity index is 448. The highest BCUT2D eigenvalue weighted by molar-refractivity contribution is 5.86. The second kappa shape index (κ2) is 4.94. The van der Waals surface area contributed by atoms with E-state index in [0.717, 1.165) is 36.4 Å². The van der Waals surface area contributed by atoms with Crippen LogP contribution in [0.15, 0.2) is 18.6 Å². The van der Waals surface area contributed by atoms with Crippen LogP contribution in [0.1, 0.15) is 6.42 Å². The van der Waals surface area contributed by atoms with Crippen molar-refractivity contribution in [1.82, 2.24) is 19.9 Å². The van der Waals surface area contributed by atoms with Crippen LogP contribution in [-0.2, 0) is 0 Å². The highest BCUT2D eigenvalue weighted by Crippen LogP contribution is 2.16. The van der Waals surface area contributed by atoms with E-state index in [4.69, 9.17) is 0 Å². The summed E-state index contributed by atoms with van der Waals surface area (Å²) < 4.78 is 0. The predicted octanol–water partition coefficient (Wildman–Crippen LogP) is 1.32. The number of H-pyrrole nitrogens is 1. The van der Waals surface area contributed by atoms with Crippen LogP contribution in [0.5, 0.6) is 0 Å². The van der Waals surface area contributed by atoms with Crippen LogP contribution in [-0.4, -0.2) is 47.0 Å². The van der Waals surface area contributed by atoms with E-state index in [1.807, 2.05) is 12.3 Å². The lowest BCUT2D eigenvalue weighted by molar-refractivity contribution is 0.405. The molecule has 0 aromatic carbocycles. The molecule has 0 radical (unpaired) electrons. The minimum atomic E-state index is 0.880. The minimum absolute atomic E-state index is 0.880. The number of anilines is 1. The fourth-order valence-corrected chi connectivity index (χ4v) is 1.62. The SMILES string of the molecule is CN(C)CCCNc1ncnc2[nH]ccc12. The largest absolute Gasteiger partial charge is 0.369 e. The lowest BCUT2D eigenvalue weighted by Gasteiger charge is -2.10. The van der Waals surface area contributed by atoms with Gasteiger partial charge in [-0.1, -0.05) is 0 Å².